The molecule has 1 heterocycles. The lowest BCUT2D eigenvalue weighted by molar-refractivity contribution is -0.176. The second-order valence-electron chi connectivity index (χ2n) is 4.13. The SMILES string of the molecule is O=C(CCOCC(F)(F)F)OCCNC(=O)c1ccncc1. The predicted octanol–water partition coefficient (Wildman–Crippen LogP) is 1.32. The fourth-order valence-electron chi connectivity index (χ4n) is 1.35. The minimum Gasteiger partial charge on any atom is -0.464 e. The van der Waals surface area contributed by atoms with E-state index >= 15 is 0 Å². The van der Waals surface area contributed by atoms with Gasteiger partial charge in [0.2, 0.25) is 0 Å². The summed E-state index contributed by atoms with van der Waals surface area (Å²) in [6.07, 6.45) is -1.76. The van der Waals surface area contributed by atoms with Gasteiger partial charge in [0.25, 0.3) is 5.91 Å². The number of nitrogens with zero attached hydrogens (tertiary/aromatic N) is 1. The lowest BCUT2D eigenvalue weighted by Gasteiger charge is -2.08. The Labute approximate surface area is 124 Å². The Balaban J connectivity index is 2.07. The number of hydrogen-bond donors (Lipinski definition) is 1. The standard InChI is InChI=1S/C13H15F3N2O4/c14-13(15,16)9-21-7-3-11(19)22-8-6-18-12(20)10-1-4-17-5-2-10/h1-2,4-5H,3,6-9H2,(H,18,20). The van der Waals surface area contributed by atoms with Gasteiger partial charge < -0.3 is 14.8 Å². The van der Waals surface area contributed by atoms with E-state index in [4.69, 9.17) is 4.74 Å². The second-order valence-corrected chi connectivity index (χ2v) is 4.13. The largest absolute Gasteiger partial charge is 0.464 e. The van der Waals surface area contributed by atoms with Crippen LogP contribution in [0.25, 0.3) is 0 Å². The highest BCUT2D eigenvalue weighted by Crippen LogP contribution is 2.14. The van der Waals surface area contributed by atoms with Crippen molar-refractivity contribution in [3.05, 3.63) is 30.1 Å². The van der Waals surface area contributed by atoms with E-state index in [1.54, 1.807) is 0 Å². The Kier molecular flexibility index (Phi) is 7.30. The van der Waals surface area contributed by atoms with Gasteiger partial charge in [0.15, 0.2) is 0 Å². The molecule has 0 saturated carbocycles. The third kappa shape index (κ3) is 8.20. The number of amides is 1. The van der Waals surface area contributed by atoms with Crippen molar-refractivity contribution in [1.82, 2.24) is 10.3 Å². The van der Waals surface area contributed by atoms with Crippen molar-refractivity contribution in [1.29, 1.82) is 0 Å². The van der Waals surface area contributed by atoms with Gasteiger partial charge in [-0.15, -0.1) is 0 Å². The van der Waals surface area contributed by atoms with Gasteiger partial charge in [-0.2, -0.15) is 13.2 Å². The minimum absolute atomic E-state index is 0.0745. The lowest BCUT2D eigenvalue weighted by atomic mass is 10.2. The normalized spacial score (nSPS) is 11.0. The number of aromatic nitrogens is 1. The molecule has 1 aromatic rings. The summed E-state index contributed by atoms with van der Waals surface area (Å²) in [5, 5.41) is 2.52. The molecule has 0 bridgehead atoms. The molecule has 0 aliphatic rings. The number of ether oxygens (including phenoxy) is 2. The van der Waals surface area contributed by atoms with Crippen molar-refractivity contribution < 1.29 is 32.2 Å². The predicted molar refractivity (Wildman–Crippen MR) is 69.0 cm³/mol. The van der Waals surface area contributed by atoms with E-state index in [0.717, 1.165) is 0 Å². The van der Waals surface area contributed by atoms with Gasteiger partial charge >= 0.3 is 12.1 Å². The molecule has 1 aromatic heterocycles. The van der Waals surface area contributed by atoms with E-state index in [-0.39, 0.29) is 32.1 Å². The fourth-order valence-corrected chi connectivity index (χ4v) is 1.35. The Morgan fingerprint density at radius 2 is 1.86 bits per heavy atom. The summed E-state index contributed by atoms with van der Waals surface area (Å²) in [5.41, 5.74) is 0.418. The van der Waals surface area contributed by atoms with Gasteiger partial charge in [-0.3, -0.25) is 14.6 Å². The number of carbonyl (C=O) groups excluding carboxylic acids is 2. The maximum Gasteiger partial charge on any atom is 0.411 e. The number of alkyl halides is 3. The van der Waals surface area contributed by atoms with E-state index in [9.17, 15) is 22.8 Å². The van der Waals surface area contributed by atoms with Crippen LogP contribution in [0.1, 0.15) is 16.8 Å². The Bertz CT molecular complexity index is 480. The molecule has 1 amide bonds. The van der Waals surface area contributed by atoms with Crippen LogP contribution in [-0.4, -0.2) is 49.4 Å². The van der Waals surface area contributed by atoms with E-state index in [2.05, 4.69) is 15.0 Å². The topological polar surface area (TPSA) is 77.5 Å². The first-order chi connectivity index (χ1) is 10.4. The summed E-state index contributed by atoms with van der Waals surface area (Å²) in [6, 6.07) is 3.05. The molecule has 0 unspecified atom stereocenters. The summed E-state index contributed by atoms with van der Waals surface area (Å²) in [4.78, 5) is 26.5. The molecule has 9 heteroatoms. The van der Waals surface area contributed by atoms with E-state index < -0.39 is 18.8 Å². The van der Waals surface area contributed by atoms with Crippen molar-refractivity contribution in [2.75, 3.05) is 26.4 Å². The molecule has 6 nitrogen and oxygen atoms in total. The zero-order valence-electron chi connectivity index (χ0n) is 11.6. The highest BCUT2D eigenvalue weighted by Gasteiger charge is 2.27. The van der Waals surface area contributed by atoms with Gasteiger partial charge in [-0.1, -0.05) is 0 Å². The zero-order valence-corrected chi connectivity index (χ0v) is 11.6. The number of esters is 1. The highest BCUT2D eigenvalue weighted by molar-refractivity contribution is 5.93. The summed E-state index contributed by atoms with van der Waals surface area (Å²) >= 11 is 0. The monoisotopic (exact) mass is 320 g/mol. The van der Waals surface area contributed by atoms with Crippen LogP contribution in [-0.2, 0) is 14.3 Å². The molecular weight excluding hydrogens is 305 g/mol. The van der Waals surface area contributed by atoms with Crippen molar-refractivity contribution in [3.63, 3.8) is 0 Å². The van der Waals surface area contributed by atoms with Crippen LogP contribution in [0.2, 0.25) is 0 Å². The Morgan fingerprint density at radius 1 is 1.18 bits per heavy atom. The van der Waals surface area contributed by atoms with Crippen molar-refractivity contribution in [2.45, 2.75) is 12.6 Å². The molecule has 0 atom stereocenters. The molecule has 22 heavy (non-hydrogen) atoms. The van der Waals surface area contributed by atoms with Crippen molar-refractivity contribution >= 4 is 11.9 Å². The van der Waals surface area contributed by atoms with Crippen LogP contribution >= 0.6 is 0 Å². The summed E-state index contributed by atoms with van der Waals surface area (Å²) in [7, 11) is 0. The Hall–Kier alpha value is -2.16. The van der Waals surface area contributed by atoms with Gasteiger partial charge in [0, 0.05) is 18.0 Å². The number of halogens is 3. The molecule has 0 aromatic carbocycles. The number of pyridine rings is 1. The lowest BCUT2D eigenvalue weighted by Crippen LogP contribution is -2.28. The average Bonchev–Trinajstić information content (AvgIpc) is 2.48. The summed E-state index contributed by atoms with van der Waals surface area (Å²) in [5.74, 6) is -1.03. The maximum atomic E-state index is 11.8. The van der Waals surface area contributed by atoms with Gasteiger partial charge in [0.1, 0.15) is 13.2 Å². The van der Waals surface area contributed by atoms with Gasteiger partial charge in [0.05, 0.1) is 19.6 Å². The maximum absolute atomic E-state index is 11.8. The molecule has 0 aliphatic heterocycles. The molecule has 0 saturated heterocycles. The first-order valence-electron chi connectivity index (χ1n) is 6.37. The van der Waals surface area contributed by atoms with E-state index in [0.29, 0.717) is 5.56 Å². The molecule has 122 valence electrons. The van der Waals surface area contributed by atoms with E-state index in [1.165, 1.54) is 24.5 Å². The first-order valence-corrected chi connectivity index (χ1v) is 6.37. The molecule has 1 rings (SSSR count). The smallest absolute Gasteiger partial charge is 0.411 e. The Morgan fingerprint density at radius 3 is 2.50 bits per heavy atom. The quantitative estimate of drug-likeness (QED) is 0.577. The minimum atomic E-state index is -4.42. The van der Waals surface area contributed by atoms with Crippen LogP contribution in [0.15, 0.2) is 24.5 Å². The molecular formula is C13H15F3N2O4. The molecule has 0 spiro atoms. The number of nitrogens with one attached hydrogen (secondary N) is 1. The van der Waals surface area contributed by atoms with Crippen LogP contribution in [0.3, 0.4) is 0 Å². The first kappa shape index (κ1) is 17.9. The van der Waals surface area contributed by atoms with Crippen molar-refractivity contribution in [2.24, 2.45) is 0 Å². The average molecular weight is 320 g/mol. The van der Waals surface area contributed by atoms with Crippen LogP contribution in [0, 0.1) is 0 Å². The van der Waals surface area contributed by atoms with Crippen molar-refractivity contribution in [3.8, 4) is 0 Å². The summed E-state index contributed by atoms with van der Waals surface area (Å²) < 4.78 is 44.3. The molecule has 0 aliphatic carbocycles. The second kappa shape index (κ2) is 8.98. The summed E-state index contributed by atoms with van der Waals surface area (Å²) in [6.45, 7) is -1.75. The van der Waals surface area contributed by atoms with Gasteiger partial charge in [-0.05, 0) is 12.1 Å². The number of hydrogen-bond acceptors (Lipinski definition) is 5. The van der Waals surface area contributed by atoms with Crippen LogP contribution < -0.4 is 5.32 Å². The molecule has 0 fully saturated rings. The number of rotatable bonds is 8. The highest BCUT2D eigenvalue weighted by atomic mass is 19.4. The third-order valence-electron chi connectivity index (χ3n) is 2.31. The van der Waals surface area contributed by atoms with E-state index in [1.807, 2.05) is 0 Å². The number of carbonyl (C=O) groups is 2. The fraction of sp³-hybridized carbons (Fsp3) is 0.462. The third-order valence-corrected chi connectivity index (χ3v) is 2.31. The van der Waals surface area contributed by atoms with Crippen LogP contribution in [0.4, 0.5) is 13.2 Å². The van der Waals surface area contributed by atoms with Gasteiger partial charge in [-0.25, -0.2) is 0 Å². The molecule has 0 radical (unpaired) electrons. The van der Waals surface area contributed by atoms with Crippen LogP contribution in [0.5, 0.6) is 0 Å². The molecule has 1 N–H and O–H groups in total. The zero-order chi connectivity index (χ0) is 16.4.